The molecule has 3 aromatic rings. The van der Waals surface area contributed by atoms with Crippen LogP contribution in [0.4, 0.5) is 0 Å². The van der Waals surface area contributed by atoms with Gasteiger partial charge in [0.05, 0.1) is 12.1 Å². The Hall–Kier alpha value is -2.69. The van der Waals surface area contributed by atoms with E-state index in [1.807, 2.05) is 54.6 Å². The van der Waals surface area contributed by atoms with Gasteiger partial charge in [0.1, 0.15) is 19.0 Å². The van der Waals surface area contributed by atoms with Crippen molar-refractivity contribution in [3.8, 4) is 28.4 Å². The lowest BCUT2D eigenvalue weighted by atomic mass is 10.1. The van der Waals surface area contributed by atoms with Crippen LogP contribution in [0.2, 0.25) is 5.02 Å². The molecule has 0 atom stereocenters. The third-order valence-electron chi connectivity index (χ3n) is 4.28. The van der Waals surface area contributed by atoms with Gasteiger partial charge in [-0.1, -0.05) is 60.1 Å². The van der Waals surface area contributed by atoms with Crippen LogP contribution in [0.25, 0.3) is 11.1 Å². The summed E-state index contributed by atoms with van der Waals surface area (Å²) < 4.78 is 17.2. The van der Waals surface area contributed by atoms with Gasteiger partial charge < -0.3 is 19.9 Å². The molecule has 0 heterocycles. The van der Waals surface area contributed by atoms with Crippen LogP contribution in [0.5, 0.6) is 17.2 Å². The second-order valence-electron chi connectivity index (χ2n) is 6.21. The molecular formula is C23H24ClNO3. The number of methoxy groups -OCH3 is 1. The maximum Gasteiger partial charge on any atom is 0.179 e. The molecule has 0 fully saturated rings. The normalized spacial score (nSPS) is 10.5. The number of benzene rings is 3. The maximum atomic E-state index is 6.36. The predicted molar refractivity (Wildman–Crippen MR) is 114 cm³/mol. The van der Waals surface area contributed by atoms with Crippen LogP contribution in [-0.4, -0.2) is 26.9 Å². The topological polar surface area (TPSA) is 53.7 Å². The van der Waals surface area contributed by atoms with Crippen molar-refractivity contribution in [2.45, 2.75) is 6.42 Å². The minimum Gasteiger partial charge on any atom is -0.493 e. The number of nitrogens with two attached hydrogens (primary N) is 1. The number of ether oxygens (including phenoxy) is 3. The number of para-hydroxylation sites is 1. The molecule has 4 nitrogen and oxygen atoms in total. The van der Waals surface area contributed by atoms with E-state index < -0.39 is 0 Å². The molecule has 0 saturated heterocycles. The van der Waals surface area contributed by atoms with Crippen molar-refractivity contribution < 1.29 is 14.2 Å². The zero-order valence-electron chi connectivity index (χ0n) is 15.9. The first-order valence-corrected chi connectivity index (χ1v) is 9.57. The van der Waals surface area contributed by atoms with Crippen molar-refractivity contribution in [2.24, 2.45) is 5.73 Å². The molecule has 0 radical (unpaired) electrons. The van der Waals surface area contributed by atoms with E-state index in [1.165, 1.54) is 0 Å². The summed E-state index contributed by atoms with van der Waals surface area (Å²) in [4.78, 5) is 0. The van der Waals surface area contributed by atoms with Gasteiger partial charge in [0.2, 0.25) is 0 Å². The van der Waals surface area contributed by atoms with E-state index in [4.69, 9.17) is 31.5 Å². The average molecular weight is 398 g/mol. The number of halogens is 1. The first-order valence-electron chi connectivity index (χ1n) is 9.19. The van der Waals surface area contributed by atoms with Crippen molar-refractivity contribution in [3.05, 3.63) is 77.3 Å². The van der Waals surface area contributed by atoms with Gasteiger partial charge in [-0.2, -0.15) is 0 Å². The van der Waals surface area contributed by atoms with Crippen LogP contribution in [0, 0.1) is 0 Å². The van der Waals surface area contributed by atoms with Crippen LogP contribution in [-0.2, 0) is 6.42 Å². The van der Waals surface area contributed by atoms with Crippen molar-refractivity contribution in [1.82, 2.24) is 0 Å². The van der Waals surface area contributed by atoms with E-state index in [-0.39, 0.29) is 0 Å². The number of hydrogen-bond donors (Lipinski definition) is 1. The zero-order valence-corrected chi connectivity index (χ0v) is 16.6. The highest BCUT2D eigenvalue weighted by Gasteiger charge is 2.12. The molecule has 0 bridgehead atoms. The van der Waals surface area contributed by atoms with Crippen LogP contribution < -0.4 is 19.9 Å². The fraction of sp³-hybridized carbons (Fsp3) is 0.217. The predicted octanol–water partition coefficient (Wildman–Crippen LogP) is 4.97. The van der Waals surface area contributed by atoms with Gasteiger partial charge in [0.25, 0.3) is 0 Å². The smallest absolute Gasteiger partial charge is 0.179 e. The summed E-state index contributed by atoms with van der Waals surface area (Å²) in [6, 6.07) is 21.9. The molecule has 3 rings (SSSR count). The van der Waals surface area contributed by atoms with Gasteiger partial charge in [0.15, 0.2) is 11.5 Å². The van der Waals surface area contributed by atoms with E-state index in [9.17, 15) is 0 Å². The van der Waals surface area contributed by atoms with Gasteiger partial charge in [-0.15, -0.1) is 0 Å². The first-order chi connectivity index (χ1) is 13.7. The van der Waals surface area contributed by atoms with Crippen molar-refractivity contribution >= 4 is 11.6 Å². The lowest BCUT2D eigenvalue weighted by Crippen LogP contribution is -2.11. The molecular weight excluding hydrogens is 374 g/mol. The monoisotopic (exact) mass is 397 g/mol. The average Bonchev–Trinajstić information content (AvgIpc) is 2.73. The second-order valence-corrected chi connectivity index (χ2v) is 6.61. The molecule has 0 aliphatic carbocycles. The summed E-state index contributed by atoms with van der Waals surface area (Å²) in [5, 5.41) is 0.507. The molecule has 146 valence electrons. The van der Waals surface area contributed by atoms with Crippen LogP contribution in [0.1, 0.15) is 5.56 Å². The lowest BCUT2D eigenvalue weighted by Gasteiger charge is -2.15. The van der Waals surface area contributed by atoms with Gasteiger partial charge in [-0.25, -0.2) is 0 Å². The van der Waals surface area contributed by atoms with Crippen LogP contribution in [0.15, 0.2) is 66.7 Å². The Morgan fingerprint density at radius 3 is 2.32 bits per heavy atom. The van der Waals surface area contributed by atoms with E-state index in [0.717, 1.165) is 28.9 Å². The lowest BCUT2D eigenvalue weighted by molar-refractivity contribution is 0.212. The fourth-order valence-corrected chi connectivity index (χ4v) is 3.26. The summed E-state index contributed by atoms with van der Waals surface area (Å²) in [5.41, 5.74) is 8.79. The zero-order chi connectivity index (χ0) is 19.8. The molecule has 0 unspecified atom stereocenters. The van der Waals surface area contributed by atoms with Crippen LogP contribution >= 0.6 is 11.6 Å². The Bertz CT molecular complexity index is 900. The molecule has 5 heteroatoms. The molecule has 0 spiro atoms. The molecule has 2 N–H and O–H groups in total. The van der Waals surface area contributed by atoms with E-state index in [0.29, 0.717) is 36.3 Å². The highest BCUT2D eigenvalue weighted by atomic mass is 35.5. The molecule has 3 aromatic carbocycles. The van der Waals surface area contributed by atoms with Gasteiger partial charge in [0, 0.05) is 5.56 Å². The summed E-state index contributed by atoms with van der Waals surface area (Å²) >= 11 is 6.36. The van der Waals surface area contributed by atoms with E-state index >= 15 is 0 Å². The molecule has 0 saturated carbocycles. The quantitative estimate of drug-likeness (QED) is 0.517. The Morgan fingerprint density at radius 2 is 1.57 bits per heavy atom. The van der Waals surface area contributed by atoms with Gasteiger partial charge >= 0.3 is 0 Å². The van der Waals surface area contributed by atoms with Crippen molar-refractivity contribution in [1.29, 1.82) is 0 Å². The fourth-order valence-electron chi connectivity index (χ4n) is 2.97. The number of hydrogen-bond acceptors (Lipinski definition) is 4. The first kappa shape index (κ1) is 20.1. The highest BCUT2D eigenvalue weighted by Crippen LogP contribution is 2.36. The Labute approximate surface area is 170 Å². The van der Waals surface area contributed by atoms with Gasteiger partial charge in [-0.3, -0.25) is 0 Å². The Kier molecular flexibility index (Phi) is 7.18. The highest BCUT2D eigenvalue weighted by molar-refractivity contribution is 6.32. The molecule has 0 aliphatic heterocycles. The SMILES string of the molecule is COc1cc(CCN)cc(Cl)c1OCCOc1ccccc1-c1ccccc1. The second kappa shape index (κ2) is 10.0. The van der Waals surface area contributed by atoms with Crippen molar-refractivity contribution in [2.75, 3.05) is 26.9 Å². The number of rotatable bonds is 9. The van der Waals surface area contributed by atoms with Crippen LogP contribution in [0.3, 0.4) is 0 Å². The minimum atomic E-state index is 0.343. The maximum absolute atomic E-state index is 6.36. The standard InChI is InChI=1S/C23H24ClNO3/c1-26-22-16-17(11-12-25)15-20(24)23(22)28-14-13-27-21-10-6-5-9-19(21)18-7-3-2-4-8-18/h2-10,15-16H,11-14,25H2,1H3. The Morgan fingerprint density at radius 1 is 0.857 bits per heavy atom. The summed E-state index contributed by atoms with van der Waals surface area (Å²) in [6.07, 6.45) is 0.732. The molecule has 28 heavy (non-hydrogen) atoms. The Balaban J connectivity index is 1.64. The third-order valence-corrected chi connectivity index (χ3v) is 4.56. The van der Waals surface area contributed by atoms with Gasteiger partial charge in [-0.05, 0) is 42.3 Å². The third kappa shape index (κ3) is 4.97. The van der Waals surface area contributed by atoms with E-state index in [2.05, 4.69) is 12.1 Å². The summed E-state index contributed by atoms with van der Waals surface area (Å²) in [6.45, 7) is 1.28. The van der Waals surface area contributed by atoms with Crippen molar-refractivity contribution in [3.63, 3.8) is 0 Å². The summed E-state index contributed by atoms with van der Waals surface area (Å²) in [5.74, 6) is 1.93. The summed E-state index contributed by atoms with van der Waals surface area (Å²) in [7, 11) is 1.59. The molecule has 0 aromatic heterocycles. The van der Waals surface area contributed by atoms with E-state index in [1.54, 1.807) is 7.11 Å². The minimum absolute atomic E-state index is 0.343. The largest absolute Gasteiger partial charge is 0.493 e. The molecule has 0 aliphatic rings. The molecule has 0 amide bonds.